The molecular weight excluding hydrogens is 166 g/mol. The summed E-state index contributed by atoms with van der Waals surface area (Å²) in [4.78, 5) is 2.29. The van der Waals surface area contributed by atoms with E-state index in [0.29, 0.717) is 12.5 Å². The normalized spacial score (nSPS) is 28.4. The van der Waals surface area contributed by atoms with E-state index in [1.54, 1.807) is 0 Å². The van der Waals surface area contributed by atoms with Crippen LogP contribution in [0.3, 0.4) is 0 Å². The zero-order chi connectivity index (χ0) is 9.68. The molecule has 0 aliphatic carbocycles. The molecular formula is C10H21NO2. The number of likely N-dealkylation sites (tertiary alicyclic amines) is 1. The number of β-amino-alcohol motifs (C(OH)–C–C–N with tert-alkyl or cyclic N) is 1. The molecule has 0 aromatic carbocycles. The van der Waals surface area contributed by atoms with E-state index >= 15 is 0 Å². The first-order valence-corrected chi connectivity index (χ1v) is 5.23. The molecule has 1 heterocycles. The van der Waals surface area contributed by atoms with Gasteiger partial charge in [-0.15, -0.1) is 0 Å². The van der Waals surface area contributed by atoms with E-state index in [0.717, 1.165) is 38.9 Å². The lowest BCUT2D eigenvalue weighted by Crippen LogP contribution is -2.32. The fourth-order valence-corrected chi connectivity index (χ4v) is 1.96. The van der Waals surface area contributed by atoms with Crippen LogP contribution in [0.2, 0.25) is 0 Å². The smallest absolute Gasteiger partial charge is 0.0639 e. The number of aliphatic hydroxyl groups excluding tert-OH is 2. The zero-order valence-corrected chi connectivity index (χ0v) is 8.45. The minimum atomic E-state index is -0.231. The van der Waals surface area contributed by atoms with Gasteiger partial charge in [0, 0.05) is 13.2 Å². The lowest BCUT2D eigenvalue weighted by molar-refractivity contribution is 0.127. The fraction of sp³-hybridized carbons (Fsp3) is 1.00. The van der Waals surface area contributed by atoms with Crippen LogP contribution in [0.15, 0.2) is 0 Å². The summed E-state index contributed by atoms with van der Waals surface area (Å²) in [6.07, 6.45) is 3.12. The van der Waals surface area contributed by atoms with E-state index in [4.69, 9.17) is 5.11 Å². The third kappa shape index (κ3) is 4.07. The van der Waals surface area contributed by atoms with Crippen LogP contribution in [0.5, 0.6) is 0 Å². The first kappa shape index (κ1) is 11.0. The maximum atomic E-state index is 9.23. The largest absolute Gasteiger partial charge is 0.396 e. The van der Waals surface area contributed by atoms with Crippen molar-refractivity contribution in [3.05, 3.63) is 0 Å². The maximum Gasteiger partial charge on any atom is 0.0639 e. The van der Waals surface area contributed by atoms with E-state index in [-0.39, 0.29) is 6.10 Å². The molecule has 0 saturated carbocycles. The Morgan fingerprint density at radius 3 is 2.77 bits per heavy atom. The van der Waals surface area contributed by atoms with Crippen LogP contribution in [-0.4, -0.2) is 47.5 Å². The number of hydrogen-bond donors (Lipinski definition) is 2. The minimum absolute atomic E-state index is 0.231. The van der Waals surface area contributed by atoms with Crippen LogP contribution in [0, 0.1) is 5.92 Å². The van der Waals surface area contributed by atoms with Gasteiger partial charge in [-0.05, 0) is 45.2 Å². The molecule has 2 atom stereocenters. The second kappa shape index (κ2) is 5.58. The molecule has 1 saturated heterocycles. The summed E-state index contributed by atoms with van der Waals surface area (Å²) < 4.78 is 0. The van der Waals surface area contributed by atoms with Crippen LogP contribution in [0.25, 0.3) is 0 Å². The monoisotopic (exact) mass is 187 g/mol. The zero-order valence-electron chi connectivity index (χ0n) is 8.45. The summed E-state index contributed by atoms with van der Waals surface area (Å²) in [5.74, 6) is 0.485. The highest BCUT2D eigenvalue weighted by Gasteiger charge is 2.16. The van der Waals surface area contributed by atoms with Gasteiger partial charge in [-0.2, -0.15) is 0 Å². The average Bonchev–Trinajstić information content (AvgIpc) is 2.29. The highest BCUT2D eigenvalue weighted by molar-refractivity contribution is 4.70. The Balaban J connectivity index is 2.27. The van der Waals surface area contributed by atoms with Gasteiger partial charge in [-0.3, -0.25) is 0 Å². The summed E-state index contributed by atoms with van der Waals surface area (Å²) in [5.41, 5.74) is 0. The lowest BCUT2D eigenvalue weighted by Gasteiger charge is -2.21. The Hall–Kier alpha value is -0.120. The Kier molecular flexibility index (Phi) is 4.70. The first-order valence-electron chi connectivity index (χ1n) is 5.23. The van der Waals surface area contributed by atoms with Crippen molar-refractivity contribution in [1.29, 1.82) is 0 Å². The van der Waals surface area contributed by atoms with Crippen LogP contribution in [0.4, 0.5) is 0 Å². The van der Waals surface area contributed by atoms with Gasteiger partial charge in [-0.1, -0.05) is 0 Å². The topological polar surface area (TPSA) is 43.7 Å². The molecule has 1 fully saturated rings. The van der Waals surface area contributed by atoms with Crippen molar-refractivity contribution in [2.75, 3.05) is 26.2 Å². The van der Waals surface area contributed by atoms with E-state index in [1.807, 2.05) is 6.92 Å². The van der Waals surface area contributed by atoms with Gasteiger partial charge in [0.2, 0.25) is 0 Å². The van der Waals surface area contributed by atoms with Gasteiger partial charge in [-0.25, -0.2) is 0 Å². The van der Waals surface area contributed by atoms with Crippen molar-refractivity contribution in [3.63, 3.8) is 0 Å². The van der Waals surface area contributed by atoms with Crippen LogP contribution >= 0.6 is 0 Å². The molecule has 3 heteroatoms. The predicted octanol–water partition coefficient (Wildman–Crippen LogP) is 0.462. The first-order chi connectivity index (χ1) is 6.22. The Labute approximate surface area is 80.4 Å². The molecule has 1 aliphatic rings. The molecule has 1 aliphatic heterocycles. The van der Waals surface area contributed by atoms with Gasteiger partial charge >= 0.3 is 0 Å². The third-order valence-electron chi connectivity index (χ3n) is 2.72. The Morgan fingerprint density at radius 2 is 2.15 bits per heavy atom. The summed E-state index contributed by atoms with van der Waals surface area (Å²) in [5, 5.41) is 18.2. The van der Waals surface area contributed by atoms with Crippen molar-refractivity contribution in [2.45, 2.75) is 32.3 Å². The van der Waals surface area contributed by atoms with E-state index in [1.165, 1.54) is 0 Å². The van der Waals surface area contributed by atoms with Gasteiger partial charge in [0.15, 0.2) is 0 Å². The van der Waals surface area contributed by atoms with Gasteiger partial charge in [0.25, 0.3) is 0 Å². The molecule has 0 amide bonds. The van der Waals surface area contributed by atoms with E-state index in [9.17, 15) is 5.11 Å². The number of nitrogens with zero attached hydrogens (tertiary/aromatic N) is 1. The van der Waals surface area contributed by atoms with Gasteiger partial charge in [0.1, 0.15) is 0 Å². The van der Waals surface area contributed by atoms with Crippen LogP contribution < -0.4 is 0 Å². The number of aliphatic hydroxyl groups is 2. The van der Waals surface area contributed by atoms with Crippen molar-refractivity contribution < 1.29 is 10.2 Å². The fourth-order valence-electron chi connectivity index (χ4n) is 1.96. The molecule has 0 spiro atoms. The summed E-state index contributed by atoms with van der Waals surface area (Å²) in [6.45, 7) is 5.02. The third-order valence-corrected chi connectivity index (χ3v) is 2.72. The van der Waals surface area contributed by atoms with Gasteiger partial charge < -0.3 is 15.1 Å². The molecule has 2 N–H and O–H groups in total. The summed E-state index contributed by atoms with van der Waals surface area (Å²) in [7, 11) is 0. The molecule has 13 heavy (non-hydrogen) atoms. The molecule has 78 valence electrons. The Morgan fingerprint density at radius 1 is 1.38 bits per heavy atom. The highest BCUT2D eigenvalue weighted by atomic mass is 16.3. The van der Waals surface area contributed by atoms with Crippen molar-refractivity contribution in [2.24, 2.45) is 5.92 Å². The average molecular weight is 187 g/mol. The van der Waals surface area contributed by atoms with Crippen molar-refractivity contribution in [1.82, 2.24) is 4.90 Å². The van der Waals surface area contributed by atoms with Gasteiger partial charge in [0.05, 0.1) is 6.10 Å². The molecule has 0 aromatic heterocycles. The number of hydrogen-bond acceptors (Lipinski definition) is 3. The maximum absolute atomic E-state index is 9.23. The Bertz CT molecular complexity index is 139. The second-order valence-corrected chi connectivity index (χ2v) is 4.13. The number of rotatable bonds is 3. The van der Waals surface area contributed by atoms with Crippen LogP contribution in [0.1, 0.15) is 26.2 Å². The molecule has 0 radical (unpaired) electrons. The van der Waals surface area contributed by atoms with Crippen molar-refractivity contribution in [3.8, 4) is 0 Å². The quantitative estimate of drug-likeness (QED) is 0.674. The molecule has 1 rings (SSSR count). The molecule has 0 bridgehead atoms. The van der Waals surface area contributed by atoms with Crippen LogP contribution in [-0.2, 0) is 0 Å². The molecule has 3 nitrogen and oxygen atoms in total. The molecule has 1 unspecified atom stereocenters. The minimum Gasteiger partial charge on any atom is -0.396 e. The lowest BCUT2D eigenvalue weighted by atomic mass is 10.0. The second-order valence-electron chi connectivity index (χ2n) is 4.13. The van der Waals surface area contributed by atoms with Crippen molar-refractivity contribution >= 4 is 0 Å². The highest BCUT2D eigenvalue weighted by Crippen LogP contribution is 2.16. The summed E-state index contributed by atoms with van der Waals surface area (Å²) in [6, 6.07) is 0. The summed E-state index contributed by atoms with van der Waals surface area (Å²) >= 11 is 0. The van der Waals surface area contributed by atoms with E-state index in [2.05, 4.69) is 4.90 Å². The molecule has 0 aromatic rings. The predicted molar refractivity (Wildman–Crippen MR) is 52.5 cm³/mol. The SMILES string of the molecule is C[C@@H](O)CN1CCCC(CO)CC1. The standard InChI is InChI=1S/C10H21NO2/c1-9(13)7-11-5-2-3-10(8-12)4-6-11/h9-10,12-13H,2-8H2,1H3/t9-,10?/m1/s1. The van der Waals surface area contributed by atoms with E-state index < -0.39 is 0 Å².